The van der Waals surface area contributed by atoms with Crippen LogP contribution in [0.4, 0.5) is 0 Å². The van der Waals surface area contributed by atoms with Gasteiger partial charge >= 0.3 is 0 Å². The zero-order valence-electron chi connectivity index (χ0n) is 13.6. The molecule has 122 valence electrons. The average molecular weight is 331 g/mol. The Balaban J connectivity index is 1.97. The monoisotopic (exact) mass is 331 g/mol. The normalized spacial score (nSPS) is 11.8. The number of thiophene rings is 1. The van der Waals surface area contributed by atoms with Crippen molar-refractivity contribution in [2.24, 2.45) is 0 Å². The molecule has 1 aromatic heterocycles. The third-order valence-corrected chi connectivity index (χ3v) is 4.84. The highest BCUT2D eigenvalue weighted by molar-refractivity contribution is 7.12. The minimum absolute atomic E-state index is 0.0201. The number of methoxy groups -OCH3 is 1. The number of hydrogen-bond acceptors (Lipinski definition) is 4. The van der Waals surface area contributed by atoms with Gasteiger partial charge in [-0.3, -0.25) is 9.59 Å². The molecule has 0 radical (unpaired) electrons. The third kappa shape index (κ3) is 4.20. The smallest absolute Gasteiger partial charge is 0.223 e. The number of para-hydroxylation sites is 1. The summed E-state index contributed by atoms with van der Waals surface area (Å²) in [6.45, 7) is 1.96. The molecule has 2 rings (SSSR count). The molecule has 2 aromatic rings. The van der Waals surface area contributed by atoms with Gasteiger partial charge in [0.1, 0.15) is 5.75 Å². The van der Waals surface area contributed by atoms with Crippen LogP contribution in [0.2, 0.25) is 0 Å². The second-order valence-corrected chi connectivity index (χ2v) is 6.27. The van der Waals surface area contributed by atoms with E-state index in [2.05, 4.69) is 0 Å². The molecule has 0 aliphatic rings. The first-order valence-electron chi connectivity index (χ1n) is 7.50. The summed E-state index contributed by atoms with van der Waals surface area (Å²) in [6, 6.07) is 11.2. The van der Waals surface area contributed by atoms with Gasteiger partial charge in [0.15, 0.2) is 5.78 Å². The molecule has 5 heteroatoms. The van der Waals surface area contributed by atoms with Crippen molar-refractivity contribution in [1.29, 1.82) is 0 Å². The predicted molar refractivity (Wildman–Crippen MR) is 92.1 cm³/mol. The van der Waals surface area contributed by atoms with E-state index in [0.717, 1.165) is 11.3 Å². The molecule has 4 nitrogen and oxygen atoms in total. The minimum atomic E-state index is -0.115. The molecule has 0 aliphatic heterocycles. The number of amides is 1. The van der Waals surface area contributed by atoms with Gasteiger partial charge in [-0.1, -0.05) is 24.3 Å². The van der Waals surface area contributed by atoms with E-state index in [-0.39, 0.29) is 30.6 Å². The molecule has 1 unspecified atom stereocenters. The Labute approximate surface area is 140 Å². The number of rotatable bonds is 7. The summed E-state index contributed by atoms with van der Waals surface area (Å²) in [4.78, 5) is 26.7. The average Bonchev–Trinajstić information content (AvgIpc) is 3.12. The number of carbonyl (C=O) groups excluding carboxylic acids is 2. The molecular formula is C18H21NO3S. The van der Waals surface area contributed by atoms with Crippen molar-refractivity contribution in [3.05, 3.63) is 52.2 Å². The maximum atomic E-state index is 12.4. The van der Waals surface area contributed by atoms with E-state index >= 15 is 0 Å². The van der Waals surface area contributed by atoms with Crippen molar-refractivity contribution in [1.82, 2.24) is 4.90 Å². The van der Waals surface area contributed by atoms with Gasteiger partial charge in [0, 0.05) is 25.5 Å². The largest absolute Gasteiger partial charge is 0.496 e. The Morgan fingerprint density at radius 1 is 1.17 bits per heavy atom. The Morgan fingerprint density at radius 3 is 2.57 bits per heavy atom. The predicted octanol–water partition coefficient (Wildman–Crippen LogP) is 3.94. The van der Waals surface area contributed by atoms with Crippen molar-refractivity contribution >= 4 is 23.0 Å². The number of ether oxygens (including phenoxy) is 1. The van der Waals surface area contributed by atoms with Gasteiger partial charge in [-0.25, -0.2) is 0 Å². The van der Waals surface area contributed by atoms with Gasteiger partial charge in [-0.2, -0.15) is 0 Å². The minimum Gasteiger partial charge on any atom is -0.496 e. The van der Waals surface area contributed by atoms with Crippen molar-refractivity contribution in [3.8, 4) is 5.75 Å². The molecule has 0 fully saturated rings. The fourth-order valence-corrected chi connectivity index (χ4v) is 3.09. The Kier molecular flexibility index (Phi) is 5.93. The molecule has 23 heavy (non-hydrogen) atoms. The van der Waals surface area contributed by atoms with Crippen LogP contribution in [-0.2, 0) is 4.79 Å². The highest BCUT2D eigenvalue weighted by atomic mass is 32.1. The molecule has 0 saturated heterocycles. The molecule has 1 amide bonds. The van der Waals surface area contributed by atoms with Crippen molar-refractivity contribution in [2.45, 2.75) is 25.8 Å². The Bertz CT molecular complexity index is 667. The maximum Gasteiger partial charge on any atom is 0.223 e. The molecule has 0 aliphatic carbocycles. The van der Waals surface area contributed by atoms with E-state index in [1.165, 1.54) is 11.3 Å². The van der Waals surface area contributed by atoms with Gasteiger partial charge in [0.2, 0.25) is 5.91 Å². The van der Waals surface area contributed by atoms with Gasteiger partial charge in [0.25, 0.3) is 0 Å². The lowest BCUT2D eigenvalue weighted by atomic mass is 10.1. The maximum absolute atomic E-state index is 12.4. The van der Waals surface area contributed by atoms with Crippen LogP contribution in [0.3, 0.4) is 0 Å². The van der Waals surface area contributed by atoms with E-state index in [9.17, 15) is 9.59 Å². The lowest BCUT2D eigenvalue weighted by Crippen LogP contribution is -2.30. The number of ketones is 1. The van der Waals surface area contributed by atoms with Crippen LogP contribution < -0.4 is 4.74 Å². The topological polar surface area (TPSA) is 46.6 Å². The van der Waals surface area contributed by atoms with Gasteiger partial charge in [-0.15, -0.1) is 11.3 Å². The summed E-state index contributed by atoms with van der Waals surface area (Å²) in [6.07, 6.45) is 0.453. The zero-order chi connectivity index (χ0) is 16.8. The number of Topliss-reactive ketones (excluding diaryl/α,β-unsaturated/α-hetero) is 1. The molecular weight excluding hydrogens is 310 g/mol. The van der Waals surface area contributed by atoms with Gasteiger partial charge in [0.05, 0.1) is 18.0 Å². The Hall–Kier alpha value is -2.14. The first-order chi connectivity index (χ1) is 11.0. The quantitative estimate of drug-likeness (QED) is 0.722. The van der Waals surface area contributed by atoms with Crippen molar-refractivity contribution in [3.63, 3.8) is 0 Å². The summed E-state index contributed by atoms with van der Waals surface area (Å²) in [5.74, 6) is 0.731. The third-order valence-electron chi connectivity index (χ3n) is 3.93. The number of benzene rings is 1. The fraction of sp³-hybridized carbons (Fsp3) is 0.333. The van der Waals surface area contributed by atoms with Crippen LogP contribution >= 0.6 is 11.3 Å². The molecule has 1 atom stereocenters. The lowest BCUT2D eigenvalue weighted by Gasteiger charge is -2.26. The standard InChI is InChI=1S/C18H21NO3S/c1-13(14-7-4-5-8-16(14)22-3)19(2)18(21)11-10-15(20)17-9-6-12-23-17/h4-9,12-13H,10-11H2,1-3H3. The molecule has 0 spiro atoms. The van der Waals surface area contributed by atoms with Crippen LogP contribution in [0.5, 0.6) is 5.75 Å². The molecule has 0 saturated carbocycles. The van der Waals surface area contributed by atoms with Crippen molar-refractivity contribution in [2.75, 3.05) is 14.2 Å². The summed E-state index contributed by atoms with van der Waals surface area (Å²) in [7, 11) is 3.38. The number of hydrogen-bond donors (Lipinski definition) is 0. The van der Waals surface area contributed by atoms with Gasteiger partial charge < -0.3 is 9.64 Å². The number of nitrogens with zero attached hydrogens (tertiary/aromatic N) is 1. The molecule has 1 aromatic carbocycles. The first kappa shape index (κ1) is 17.2. The van der Waals surface area contributed by atoms with Crippen LogP contribution in [0.25, 0.3) is 0 Å². The summed E-state index contributed by atoms with van der Waals surface area (Å²) in [5.41, 5.74) is 0.954. The second-order valence-electron chi connectivity index (χ2n) is 5.32. The fourth-order valence-electron chi connectivity index (χ4n) is 2.39. The van der Waals surface area contributed by atoms with E-state index in [4.69, 9.17) is 4.74 Å². The summed E-state index contributed by atoms with van der Waals surface area (Å²) >= 11 is 1.41. The highest BCUT2D eigenvalue weighted by Crippen LogP contribution is 2.28. The number of carbonyl (C=O) groups is 2. The van der Waals surface area contributed by atoms with E-state index in [0.29, 0.717) is 4.88 Å². The summed E-state index contributed by atoms with van der Waals surface area (Å²) < 4.78 is 5.35. The van der Waals surface area contributed by atoms with Crippen molar-refractivity contribution < 1.29 is 14.3 Å². The van der Waals surface area contributed by atoms with Crippen LogP contribution in [-0.4, -0.2) is 30.7 Å². The lowest BCUT2D eigenvalue weighted by molar-refractivity contribution is -0.131. The van der Waals surface area contributed by atoms with E-state index in [1.54, 1.807) is 25.1 Å². The van der Waals surface area contributed by atoms with Gasteiger partial charge in [-0.05, 0) is 24.4 Å². The zero-order valence-corrected chi connectivity index (χ0v) is 14.4. The second kappa shape index (κ2) is 7.92. The Morgan fingerprint density at radius 2 is 1.91 bits per heavy atom. The van der Waals surface area contributed by atoms with Crippen LogP contribution in [0.15, 0.2) is 41.8 Å². The van der Waals surface area contributed by atoms with Crippen LogP contribution in [0, 0.1) is 0 Å². The summed E-state index contributed by atoms with van der Waals surface area (Å²) in [5, 5.41) is 1.87. The molecule has 0 bridgehead atoms. The molecule has 1 heterocycles. The molecule has 0 N–H and O–H groups in total. The first-order valence-corrected chi connectivity index (χ1v) is 8.37. The highest BCUT2D eigenvalue weighted by Gasteiger charge is 2.21. The van der Waals surface area contributed by atoms with Crippen LogP contribution in [0.1, 0.15) is 41.0 Å². The van der Waals surface area contributed by atoms with E-state index in [1.807, 2.05) is 42.6 Å². The SMILES string of the molecule is COc1ccccc1C(C)N(C)C(=O)CCC(=O)c1cccs1. The van der Waals surface area contributed by atoms with E-state index < -0.39 is 0 Å².